The molecule has 224 valence electrons. The van der Waals surface area contributed by atoms with Crippen molar-refractivity contribution in [2.24, 2.45) is 17.4 Å². The molecule has 7 N–H and O–H groups in total. The van der Waals surface area contributed by atoms with Crippen molar-refractivity contribution in [3.8, 4) is 11.1 Å². The van der Waals surface area contributed by atoms with Gasteiger partial charge in [-0.05, 0) is 86.9 Å². The van der Waals surface area contributed by atoms with Crippen molar-refractivity contribution >= 4 is 34.5 Å². The Morgan fingerprint density at radius 2 is 1.81 bits per heavy atom. The number of primary amides is 2. The Morgan fingerprint density at radius 3 is 2.49 bits per heavy atom. The third kappa shape index (κ3) is 5.55. The summed E-state index contributed by atoms with van der Waals surface area (Å²) in [6, 6.07) is 9.97. The zero-order valence-corrected chi connectivity index (χ0v) is 23.9. The Morgan fingerprint density at radius 1 is 1.09 bits per heavy atom. The van der Waals surface area contributed by atoms with Gasteiger partial charge in [0.05, 0.1) is 16.7 Å². The molecule has 0 fully saturated rings. The van der Waals surface area contributed by atoms with Gasteiger partial charge in [-0.25, -0.2) is 13.6 Å². The number of nitrogens with two attached hydrogens (primary N) is 2. The number of rotatable bonds is 7. The molecule has 0 spiro atoms. The molecule has 1 aliphatic carbocycles. The summed E-state index contributed by atoms with van der Waals surface area (Å²) in [4.78, 5) is 40.0. The second-order valence-corrected chi connectivity index (χ2v) is 11.4. The predicted octanol–water partition coefficient (Wildman–Crippen LogP) is 5.24. The monoisotopic (exact) mass is 590 g/mol. The van der Waals surface area contributed by atoms with Crippen molar-refractivity contribution < 1.29 is 33.0 Å². The van der Waals surface area contributed by atoms with Gasteiger partial charge in [0.15, 0.2) is 0 Å². The number of H-pyrrole nitrogens is 1. The first-order chi connectivity index (χ1) is 20.3. The fraction of sp³-hybridized carbons (Fsp3) is 0.281. The summed E-state index contributed by atoms with van der Waals surface area (Å²) in [5.74, 6) is -2.90. The van der Waals surface area contributed by atoms with E-state index in [1.165, 1.54) is 12.1 Å². The highest BCUT2D eigenvalue weighted by Gasteiger charge is 2.34. The summed E-state index contributed by atoms with van der Waals surface area (Å²) >= 11 is 0. The minimum atomic E-state index is -1.11. The third-order valence-corrected chi connectivity index (χ3v) is 8.25. The number of benzene rings is 3. The second kappa shape index (κ2) is 11.1. The smallest absolute Gasteiger partial charge is 0.404 e. The standard InChI is InChI=1S/C32H32F2N4O5/c1-15-17(6-5-9-24(15)38-30(40)18-7-4-8-22(33)21(18)14-43-31(36)41)26-23(34)13-20(29(35)39)28-27(26)19-11-10-16(32(2,3)42)12-25(19)37-28/h4-9,13,16,37,42H,10-12,14H2,1-3H3,(H2,35,39)(H2,36,41)(H,38,40)/t16-/m0/s1. The summed E-state index contributed by atoms with van der Waals surface area (Å²) in [6.07, 6.45) is 0.605. The number of nitrogens with one attached hydrogen (secondary N) is 2. The number of aromatic amines is 1. The van der Waals surface area contributed by atoms with Crippen LogP contribution in [-0.2, 0) is 24.2 Å². The van der Waals surface area contributed by atoms with E-state index in [0.29, 0.717) is 47.0 Å². The lowest BCUT2D eigenvalue weighted by Crippen LogP contribution is -2.34. The van der Waals surface area contributed by atoms with Crippen LogP contribution in [-0.4, -0.2) is 33.6 Å². The van der Waals surface area contributed by atoms with Crippen LogP contribution in [0.5, 0.6) is 0 Å². The Bertz CT molecular complexity index is 1790. The topological polar surface area (TPSA) is 161 Å². The summed E-state index contributed by atoms with van der Waals surface area (Å²) in [7, 11) is 0. The van der Waals surface area contributed by atoms with E-state index in [4.69, 9.17) is 16.2 Å². The molecular formula is C32H32F2N4O5. The van der Waals surface area contributed by atoms with E-state index in [-0.39, 0.29) is 28.2 Å². The molecule has 1 aliphatic rings. The highest BCUT2D eigenvalue weighted by Crippen LogP contribution is 2.43. The summed E-state index contributed by atoms with van der Waals surface area (Å²) in [6.45, 7) is 4.69. The molecule has 0 saturated heterocycles. The lowest BCUT2D eigenvalue weighted by molar-refractivity contribution is 0.0107. The molecule has 1 heterocycles. The third-order valence-electron chi connectivity index (χ3n) is 8.25. The van der Waals surface area contributed by atoms with Gasteiger partial charge in [-0.15, -0.1) is 0 Å². The SMILES string of the molecule is Cc1c(NC(=O)c2cccc(F)c2COC(N)=O)cccc1-c1c(F)cc(C(N)=O)c2[nH]c3c(c12)CC[C@H](C(C)(C)O)C3. The van der Waals surface area contributed by atoms with Crippen molar-refractivity contribution in [2.75, 3.05) is 5.32 Å². The van der Waals surface area contributed by atoms with E-state index >= 15 is 4.39 Å². The van der Waals surface area contributed by atoms with E-state index in [2.05, 4.69) is 10.3 Å². The molecule has 0 aliphatic heterocycles. The number of fused-ring (bicyclic) bond motifs is 3. The molecule has 3 aromatic carbocycles. The van der Waals surface area contributed by atoms with Crippen molar-refractivity contribution in [3.05, 3.63) is 87.6 Å². The minimum absolute atomic E-state index is 0.0179. The Labute approximate surface area is 246 Å². The maximum atomic E-state index is 16.0. The predicted molar refractivity (Wildman–Crippen MR) is 157 cm³/mol. The van der Waals surface area contributed by atoms with Gasteiger partial charge in [0, 0.05) is 33.5 Å². The largest absolute Gasteiger partial charge is 0.445 e. The first-order valence-electron chi connectivity index (χ1n) is 13.8. The number of aryl methyl sites for hydroxylation is 1. The van der Waals surface area contributed by atoms with Gasteiger partial charge in [0.2, 0.25) is 0 Å². The van der Waals surface area contributed by atoms with Crippen LogP contribution in [0.2, 0.25) is 0 Å². The zero-order valence-electron chi connectivity index (χ0n) is 23.9. The quantitative estimate of drug-likeness (QED) is 0.199. The van der Waals surface area contributed by atoms with E-state index < -0.39 is 41.7 Å². The van der Waals surface area contributed by atoms with Crippen LogP contribution >= 0.6 is 0 Å². The fourth-order valence-corrected chi connectivity index (χ4v) is 5.93. The van der Waals surface area contributed by atoms with Gasteiger partial charge in [-0.2, -0.15) is 0 Å². The number of carbonyl (C=O) groups excluding carboxylic acids is 3. The number of hydrogen-bond acceptors (Lipinski definition) is 5. The van der Waals surface area contributed by atoms with Gasteiger partial charge < -0.3 is 31.6 Å². The fourth-order valence-electron chi connectivity index (χ4n) is 5.93. The van der Waals surface area contributed by atoms with Crippen LogP contribution in [0.15, 0.2) is 42.5 Å². The van der Waals surface area contributed by atoms with Crippen LogP contribution < -0.4 is 16.8 Å². The maximum absolute atomic E-state index is 16.0. The van der Waals surface area contributed by atoms with E-state index in [1.54, 1.807) is 39.0 Å². The number of aliphatic hydroxyl groups is 1. The average molecular weight is 591 g/mol. The average Bonchev–Trinajstić information content (AvgIpc) is 3.31. The lowest BCUT2D eigenvalue weighted by atomic mass is 9.77. The van der Waals surface area contributed by atoms with Crippen molar-refractivity contribution in [1.29, 1.82) is 0 Å². The van der Waals surface area contributed by atoms with Gasteiger partial charge in [0.25, 0.3) is 11.8 Å². The minimum Gasteiger partial charge on any atom is -0.445 e. The van der Waals surface area contributed by atoms with Crippen LogP contribution in [0.4, 0.5) is 19.3 Å². The van der Waals surface area contributed by atoms with E-state index in [9.17, 15) is 23.9 Å². The number of amides is 3. The Hall–Kier alpha value is -4.77. The van der Waals surface area contributed by atoms with Crippen LogP contribution in [0.3, 0.4) is 0 Å². The normalized spacial score (nSPS) is 14.8. The van der Waals surface area contributed by atoms with Crippen molar-refractivity contribution in [1.82, 2.24) is 4.98 Å². The van der Waals surface area contributed by atoms with E-state index in [0.717, 1.165) is 23.4 Å². The summed E-state index contributed by atoms with van der Waals surface area (Å²) < 4.78 is 35.2. The van der Waals surface area contributed by atoms with Gasteiger partial charge >= 0.3 is 6.09 Å². The molecule has 11 heteroatoms. The number of anilines is 1. The molecule has 43 heavy (non-hydrogen) atoms. The number of hydrogen-bond donors (Lipinski definition) is 5. The maximum Gasteiger partial charge on any atom is 0.404 e. The number of aromatic nitrogens is 1. The number of halogens is 2. The highest BCUT2D eigenvalue weighted by molar-refractivity contribution is 6.12. The number of ether oxygens (including phenoxy) is 1. The van der Waals surface area contributed by atoms with Gasteiger partial charge in [-0.3, -0.25) is 9.59 Å². The molecule has 1 atom stereocenters. The van der Waals surface area contributed by atoms with Crippen LogP contribution in [0.1, 0.15) is 63.4 Å². The zero-order chi connectivity index (χ0) is 31.2. The molecule has 1 aromatic heterocycles. The molecular weight excluding hydrogens is 558 g/mol. The Kier molecular flexibility index (Phi) is 7.70. The first-order valence-corrected chi connectivity index (χ1v) is 13.8. The van der Waals surface area contributed by atoms with Gasteiger partial charge in [-0.1, -0.05) is 18.2 Å². The molecule has 4 aromatic rings. The molecule has 9 nitrogen and oxygen atoms in total. The Balaban J connectivity index is 1.60. The van der Waals surface area contributed by atoms with E-state index in [1.807, 2.05) is 0 Å². The molecule has 0 unspecified atom stereocenters. The second-order valence-electron chi connectivity index (χ2n) is 11.4. The molecule has 0 bridgehead atoms. The molecule has 5 rings (SSSR count). The summed E-state index contributed by atoms with van der Waals surface area (Å²) in [5.41, 5.74) is 13.2. The van der Waals surface area contributed by atoms with Crippen molar-refractivity contribution in [2.45, 2.75) is 52.2 Å². The highest BCUT2D eigenvalue weighted by atomic mass is 19.1. The summed E-state index contributed by atoms with van der Waals surface area (Å²) in [5, 5.41) is 13.9. The van der Waals surface area contributed by atoms with Crippen molar-refractivity contribution in [3.63, 3.8) is 0 Å². The molecule has 3 amide bonds. The van der Waals surface area contributed by atoms with Crippen LogP contribution in [0.25, 0.3) is 22.0 Å². The van der Waals surface area contributed by atoms with Gasteiger partial charge in [0.1, 0.15) is 18.2 Å². The molecule has 0 saturated carbocycles. The molecule has 0 radical (unpaired) electrons. The van der Waals surface area contributed by atoms with Crippen LogP contribution in [0, 0.1) is 24.5 Å². The number of carbonyl (C=O) groups is 3. The first kappa shape index (κ1) is 29.7. The lowest BCUT2D eigenvalue weighted by Gasteiger charge is -2.32.